The van der Waals surface area contributed by atoms with Gasteiger partial charge < -0.3 is 9.13 Å². The quantitative estimate of drug-likeness (QED) is 0.193. The summed E-state index contributed by atoms with van der Waals surface area (Å²) in [7, 11) is 0. The Bertz CT molecular complexity index is 2900. The van der Waals surface area contributed by atoms with E-state index in [1.165, 1.54) is 0 Å². The summed E-state index contributed by atoms with van der Waals surface area (Å²) >= 11 is 0. The smallest absolute Gasteiger partial charge is 0.0992 e. The Balaban J connectivity index is 1.25. The fourth-order valence-corrected chi connectivity index (χ4v) is 7.40. The molecule has 0 aliphatic carbocycles. The molecule has 0 unspecified atom stereocenters. The maximum atomic E-state index is 10.0. The van der Waals surface area contributed by atoms with Crippen LogP contribution >= 0.6 is 0 Å². The molecule has 9 rings (SSSR count). The zero-order chi connectivity index (χ0) is 33.8. The van der Waals surface area contributed by atoms with Crippen LogP contribution in [0, 0.1) is 34.0 Å². The van der Waals surface area contributed by atoms with Crippen LogP contribution in [-0.2, 0) is 0 Å². The summed E-state index contributed by atoms with van der Waals surface area (Å²) in [5, 5.41) is 34.0. The molecule has 0 aliphatic rings. The van der Waals surface area contributed by atoms with Crippen molar-refractivity contribution in [1.29, 1.82) is 15.8 Å². The van der Waals surface area contributed by atoms with E-state index in [4.69, 9.17) is 0 Å². The standard InChI is InChI=1S/C45H25N5/c46-26-29-13-20-34(32-16-18-33(19-17-32)49-41-10-4-3-9-37(41)40-24-30(27-47)15-22-44(40)49)39(23-29)38-21-14-31(28-48)25-45(38)50-42-11-5-1-7-35(42)36-8-2-6-12-43(36)50/h1-25H. The third-order valence-corrected chi connectivity index (χ3v) is 9.62. The van der Waals surface area contributed by atoms with Gasteiger partial charge in [-0.25, -0.2) is 0 Å². The van der Waals surface area contributed by atoms with Crippen molar-refractivity contribution in [2.75, 3.05) is 0 Å². The van der Waals surface area contributed by atoms with Gasteiger partial charge in [-0.2, -0.15) is 15.8 Å². The minimum absolute atomic E-state index is 0.555. The molecule has 0 N–H and O–H groups in total. The Hall–Kier alpha value is -7.39. The lowest BCUT2D eigenvalue weighted by Crippen LogP contribution is -2.00. The van der Waals surface area contributed by atoms with E-state index in [0.717, 1.165) is 77.2 Å². The third-order valence-electron chi connectivity index (χ3n) is 9.62. The lowest BCUT2D eigenvalue weighted by Gasteiger charge is -2.18. The van der Waals surface area contributed by atoms with E-state index in [2.05, 4.69) is 88.0 Å². The summed E-state index contributed by atoms with van der Waals surface area (Å²) in [5.74, 6) is 0. The van der Waals surface area contributed by atoms with E-state index in [-0.39, 0.29) is 0 Å². The van der Waals surface area contributed by atoms with E-state index in [1.807, 2.05) is 91.0 Å². The van der Waals surface area contributed by atoms with Crippen LogP contribution in [-0.4, -0.2) is 9.13 Å². The second kappa shape index (κ2) is 11.4. The maximum Gasteiger partial charge on any atom is 0.0992 e. The number of benzene rings is 7. The van der Waals surface area contributed by atoms with Gasteiger partial charge in [0.15, 0.2) is 0 Å². The van der Waals surface area contributed by atoms with E-state index < -0.39 is 0 Å². The van der Waals surface area contributed by atoms with Crippen molar-refractivity contribution in [2.24, 2.45) is 0 Å². The summed E-state index contributed by atoms with van der Waals surface area (Å²) < 4.78 is 4.46. The van der Waals surface area contributed by atoms with Crippen molar-refractivity contribution in [3.63, 3.8) is 0 Å². The van der Waals surface area contributed by atoms with Gasteiger partial charge in [0.1, 0.15) is 0 Å². The highest BCUT2D eigenvalue weighted by atomic mass is 15.0. The van der Waals surface area contributed by atoms with Crippen LogP contribution < -0.4 is 0 Å². The predicted molar refractivity (Wildman–Crippen MR) is 200 cm³/mol. The zero-order valence-corrected chi connectivity index (χ0v) is 26.7. The van der Waals surface area contributed by atoms with Gasteiger partial charge >= 0.3 is 0 Å². The number of rotatable bonds is 4. The van der Waals surface area contributed by atoms with Gasteiger partial charge in [0.25, 0.3) is 0 Å². The number of nitriles is 3. The van der Waals surface area contributed by atoms with Crippen molar-refractivity contribution in [2.45, 2.75) is 0 Å². The summed E-state index contributed by atoms with van der Waals surface area (Å²) in [5.41, 5.74) is 11.6. The molecule has 2 aromatic heterocycles. The first-order chi connectivity index (χ1) is 24.7. The Kier molecular flexibility index (Phi) is 6.56. The van der Waals surface area contributed by atoms with Gasteiger partial charge in [-0.3, -0.25) is 0 Å². The zero-order valence-electron chi connectivity index (χ0n) is 26.7. The molecular formula is C45H25N5. The molecule has 0 fully saturated rings. The number of fused-ring (bicyclic) bond motifs is 6. The predicted octanol–water partition coefficient (Wildman–Crippen LogP) is 10.8. The fourth-order valence-electron chi connectivity index (χ4n) is 7.40. The number of nitrogens with zero attached hydrogens (tertiary/aromatic N) is 5. The van der Waals surface area contributed by atoms with Crippen LogP contribution in [0.1, 0.15) is 16.7 Å². The molecule has 2 heterocycles. The number of aromatic nitrogens is 2. The molecule has 50 heavy (non-hydrogen) atoms. The van der Waals surface area contributed by atoms with Crippen molar-refractivity contribution in [3.05, 3.63) is 168 Å². The first-order valence-electron chi connectivity index (χ1n) is 16.3. The molecule has 0 radical (unpaired) electrons. The van der Waals surface area contributed by atoms with Crippen LogP contribution in [0.2, 0.25) is 0 Å². The molecule has 0 saturated heterocycles. The molecule has 0 atom stereocenters. The van der Waals surface area contributed by atoms with Gasteiger partial charge in [-0.15, -0.1) is 0 Å². The lowest BCUT2D eigenvalue weighted by atomic mass is 9.91. The fraction of sp³-hybridized carbons (Fsp3) is 0. The van der Waals surface area contributed by atoms with Gasteiger partial charge in [0.2, 0.25) is 0 Å². The minimum Gasteiger partial charge on any atom is -0.309 e. The summed E-state index contributed by atoms with van der Waals surface area (Å²) in [6.45, 7) is 0. The van der Waals surface area contributed by atoms with Crippen LogP contribution in [0.4, 0.5) is 0 Å². The van der Waals surface area contributed by atoms with Crippen LogP contribution in [0.3, 0.4) is 0 Å². The average Bonchev–Trinajstić information content (AvgIpc) is 3.70. The van der Waals surface area contributed by atoms with E-state index in [1.54, 1.807) is 0 Å². The van der Waals surface area contributed by atoms with Crippen molar-refractivity contribution < 1.29 is 0 Å². The normalized spacial score (nSPS) is 11.1. The van der Waals surface area contributed by atoms with Crippen molar-refractivity contribution >= 4 is 43.6 Å². The van der Waals surface area contributed by atoms with Crippen molar-refractivity contribution in [3.8, 4) is 51.8 Å². The second-order valence-corrected chi connectivity index (χ2v) is 12.3. The molecule has 0 amide bonds. The highest BCUT2D eigenvalue weighted by Gasteiger charge is 2.19. The Morgan fingerprint density at radius 2 is 0.840 bits per heavy atom. The molecule has 0 bridgehead atoms. The minimum atomic E-state index is 0.555. The number of para-hydroxylation sites is 3. The van der Waals surface area contributed by atoms with E-state index in [0.29, 0.717) is 16.7 Å². The highest BCUT2D eigenvalue weighted by Crippen LogP contribution is 2.41. The van der Waals surface area contributed by atoms with Gasteiger partial charge in [-0.1, -0.05) is 78.9 Å². The molecule has 5 heteroatoms. The summed E-state index contributed by atoms with van der Waals surface area (Å²) in [4.78, 5) is 0. The highest BCUT2D eigenvalue weighted by molar-refractivity contribution is 6.11. The Morgan fingerprint density at radius 1 is 0.360 bits per heavy atom. The van der Waals surface area contributed by atoms with E-state index in [9.17, 15) is 15.8 Å². The molecule has 0 aliphatic heterocycles. The van der Waals surface area contributed by atoms with E-state index >= 15 is 0 Å². The van der Waals surface area contributed by atoms with Crippen LogP contribution in [0.5, 0.6) is 0 Å². The summed E-state index contributed by atoms with van der Waals surface area (Å²) in [6, 6.07) is 57.8. The molecule has 7 aromatic carbocycles. The van der Waals surface area contributed by atoms with Gasteiger partial charge in [0, 0.05) is 32.8 Å². The monoisotopic (exact) mass is 635 g/mol. The SMILES string of the molecule is N#Cc1ccc(-c2ccc(-n3c4ccccc4c4cc(C#N)ccc43)cc2)c(-c2ccc(C#N)cc2-n2c3ccccc3c3ccccc32)c1. The number of hydrogen-bond acceptors (Lipinski definition) is 3. The third kappa shape index (κ3) is 4.38. The van der Waals surface area contributed by atoms with Gasteiger partial charge in [0.05, 0.1) is 62.7 Å². The van der Waals surface area contributed by atoms with Gasteiger partial charge in [-0.05, 0) is 89.5 Å². The van der Waals surface area contributed by atoms with Crippen molar-refractivity contribution in [1.82, 2.24) is 9.13 Å². The largest absolute Gasteiger partial charge is 0.309 e. The summed E-state index contributed by atoms with van der Waals surface area (Å²) in [6.07, 6.45) is 0. The Morgan fingerprint density at radius 3 is 1.46 bits per heavy atom. The molecule has 9 aromatic rings. The molecule has 230 valence electrons. The maximum absolute atomic E-state index is 10.0. The molecular weight excluding hydrogens is 611 g/mol. The molecule has 0 spiro atoms. The average molecular weight is 636 g/mol. The van der Waals surface area contributed by atoms with Crippen LogP contribution in [0.15, 0.2) is 152 Å². The first kappa shape index (κ1) is 28.8. The number of hydrogen-bond donors (Lipinski definition) is 0. The first-order valence-corrected chi connectivity index (χ1v) is 16.3. The van der Waals surface area contributed by atoms with Crippen LogP contribution in [0.25, 0.3) is 77.2 Å². The second-order valence-electron chi connectivity index (χ2n) is 12.3. The molecule has 5 nitrogen and oxygen atoms in total. The molecule has 0 saturated carbocycles. The topological polar surface area (TPSA) is 81.2 Å². The Labute approximate surface area is 287 Å². The lowest BCUT2D eigenvalue weighted by molar-refractivity contribution is 1.18.